The number of amides is 1. The van der Waals surface area contributed by atoms with E-state index in [0.717, 1.165) is 19.4 Å². The van der Waals surface area contributed by atoms with Crippen molar-refractivity contribution in [1.82, 2.24) is 10.2 Å². The summed E-state index contributed by atoms with van der Waals surface area (Å²) >= 11 is 0. The van der Waals surface area contributed by atoms with Crippen LogP contribution in [0.15, 0.2) is 0 Å². The highest BCUT2D eigenvalue weighted by Gasteiger charge is 2.35. The average Bonchev–Trinajstić information content (AvgIpc) is 2.58. The molecular formula is C9H18N2O2. The summed E-state index contributed by atoms with van der Waals surface area (Å²) in [6, 6.07) is 0.710. The first kappa shape index (κ1) is 10.3. The van der Waals surface area contributed by atoms with Crippen molar-refractivity contribution in [2.24, 2.45) is 0 Å². The third-order valence-corrected chi connectivity index (χ3v) is 2.74. The van der Waals surface area contributed by atoms with Gasteiger partial charge in [-0.1, -0.05) is 6.92 Å². The van der Waals surface area contributed by atoms with Gasteiger partial charge in [-0.05, 0) is 19.9 Å². The molecule has 1 fully saturated rings. The molecule has 4 heteroatoms. The van der Waals surface area contributed by atoms with Crippen molar-refractivity contribution >= 4 is 6.09 Å². The third-order valence-electron chi connectivity index (χ3n) is 2.74. The van der Waals surface area contributed by atoms with E-state index in [1.54, 1.807) is 4.90 Å². The molecule has 1 heterocycles. The summed E-state index contributed by atoms with van der Waals surface area (Å²) in [5.41, 5.74) is 0. The summed E-state index contributed by atoms with van der Waals surface area (Å²) in [6.45, 7) is 2.90. The lowest BCUT2D eigenvalue weighted by atomic mass is 10.1. The molecule has 0 saturated carbocycles. The summed E-state index contributed by atoms with van der Waals surface area (Å²) < 4.78 is 4.72. The Kier molecular flexibility index (Phi) is 3.54. The maximum absolute atomic E-state index is 11.3. The second kappa shape index (κ2) is 4.46. The fraction of sp³-hybridized carbons (Fsp3) is 0.889. The summed E-state index contributed by atoms with van der Waals surface area (Å²) in [4.78, 5) is 13.1. The highest BCUT2D eigenvalue weighted by Crippen LogP contribution is 2.20. The molecule has 0 aromatic carbocycles. The van der Waals surface area contributed by atoms with E-state index in [1.807, 2.05) is 7.05 Å². The van der Waals surface area contributed by atoms with Crippen molar-refractivity contribution in [3.63, 3.8) is 0 Å². The molecule has 1 aliphatic heterocycles. The Hall–Kier alpha value is -0.770. The van der Waals surface area contributed by atoms with Crippen molar-refractivity contribution in [2.75, 3.05) is 20.7 Å². The first-order valence-corrected chi connectivity index (χ1v) is 4.76. The van der Waals surface area contributed by atoms with Gasteiger partial charge in [0.15, 0.2) is 0 Å². The first-order chi connectivity index (χ1) is 6.24. The van der Waals surface area contributed by atoms with Gasteiger partial charge < -0.3 is 15.0 Å². The van der Waals surface area contributed by atoms with Gasteiger partial charge in [-0.3, -0.25) is 0 Å². The van der Waals surface area contributed by atoms with Gasteiger partial charge >= 0.3 is 6.09 Å². The van der Waals surface area contributed by atoms with Crippen LogP contribution in [0.4, 0.5) is 4.79 Å². The van der Waals surface area contributed by atoms with Crippen LogP contribution in [0.5, 0.6) is 0 Å². The summed E-state index contributed by atoms with van der Waals surface area (Å²) in [7, 11) is 3.37. The van der Waals surface area contributed by atoms with Crippen molar-refractivity contribution < 1.29 is 9.53 Å². The van der Waals surface area contributed by atoms with Gasteiger partial charge in [0.05, 0.1) is 13.2 Å². The fourth-order valence-electron chi connectivity index (χ4n) is 2.04. The van der Waals surface area contributed by atoms with E-state index in [0.29, 0.717) is 6.04 Å². The Morgan fingerprint density at radius 3 is 2.85 bits per heavy atom. The van der Waals surface area contributed by atoms with Gasteiger partial charge in [-0.2, -0.15) is 0 Å². The largest absolute Gasteiger partial charge is 0.453 e. The number of hydrogen-bond acceptors (Lipinski definition) is 3. The molecule has 0 aromatic rings. The number of carbonyl (C=O) groups is 1. The summed E-state index contributed by atoms with van der Waals surface area (Å²) in [5, 5.41) is 3.22. The minimum absolute atomic E-state index is 0.204. The lowest BCUT2D eigenvalue weighted by Crippen LogP contribution is -2.43. The van der Waals surface area contributed by atoms with Crippen LogP contribution in [0.3, 0.4) is 0 Å². The number of hydrogen-bond donors (Lipinski definition) is 1. The number of likely N-dealkylation sites (N-methyl/N-ethyl adjacent to an activating group) is 1. The Labute approximate surface area is 79.2 Å². The molecule has 1 N–H and O–H groups in total. The number of ether oxygens (including phenoxy) is 1. The molecule has 0 aromatic heterocycles. The number of methoxy groups -OCH3 is 1. The lowest BCUT2D eigenvalue weighted by Gasteiger charge is -2.25. The molecule has 1 saturated heterocycles. The van der Waals surface area contributed by atoms with Crippen molar-refractivity contribution in [3.8, 4) is 0 Å². The zero-order valence-electron chi connectivity index (χ0n) is 8.54. The van der Waals surface area contributed by atoms with Crippen molar-refractivity contribution in [2.45, 2.75) is 31.8 Å². The zero-order chi connectivity index (χ0) is 9.84. The van der Waals surface area contributed by atoms with E-state index in [-0.39, 0.29) is 12.1 Å². The van der Waals surface area contributed by atoms with Crippen LogP contribution in [0.25, 0.3) is 0 Å². The molecule has 1 amide bonds. The van der Waals surface area contributed by atoms with E-state index in [1.165, 1.54) is 7.11 Å². The summed E-state index contributed by atoms with van der Waals surface area (Å²) in [6.07, 6.45) is 1.79. The predicted octanol–water partition coefficient (Wildman–Crippen LogP) is 0.825. The number of likely N-dealkylation sites (tertiary alicyclic amines) is 1. The molecular weight excluding hydrogens is 168 g/mol. The molecule has 0 aliphatic carbocycles. The van der Waals surface area contributed by atoms with Crippen LogP contribution >= 0.6 is 0 Å². The summed E-state index contributed by atoms with van der Waals surface area (Å²) in [5.74, 6) is 0. The lowest BCUT2D eigenvalue weighted by molar-refractivity contribution is 0.115. The number of carbonyl (C=O) groups excluding carboxylic acids is 1. The molecule has 13 heavy (non-hydrogen) atoms. The fourth-order valence-corrected chi connectivity index (χ4v) is 2.04. The zero-order valence-corrected chi connectivity index (χ0v) is 8.54. The van der Waals surface area contributed by atoms with Gasteiger partial charge in [-0.25, -0.2) is 4.79 Å². The number of nitrogens with zero attached hydrogens (tertiary/aromatic N) is 1. The highest BCUT2D eigenvalue weighted by atomic mass is 16.5. The van der Waals surface area contributed by atoms with Gasteiger partial charge in [0.2, 0.25) is 0 Å². The van der Waals surface area contributed by atoms with Gasteiger partial charge in [-0.15, -0.1) is 0 Å². The van der Waals surface area contributed by atoms with Crippen LogP contribution < -0.4 is 5.32 Å². The average molecular weight is 186 g/mol. The Morgan fingerprint density at radius 1 is 1.69 bits per heavy atom. The third kappa shape index (κ3) is 1.94. The maximum Gasteiger partial charge on any atom is 0.409 e. The molecule has 0 radical (unpaired) electrons. The molecule has 76 valence electrons. The standard InChI is InChI=1S/C9H18N2O2/c1-4-8-7(10-2)5-6-11(8)9(12)13-3/h7-8,10H,4-6H2,1-3H3. The van der Waals surface area contributed by atoms with E-state index in [9.17, 15) is 4.79 Å². The van der Waals surface area contributed by atoms with Gasteiger partial charge in [0.25, 0.3) is 0 Å². The Bertz CT molecular complexity index is 184. The van der Waals surface area contributed by atoms with Crippen LogP contribution in [0, 0.1) is 0 Å². The molecule has 1 rings (SSSR count). The minimum atomic E-state index is -0.204. The van der Waals surface area contributed by atoms with Crippen molar-refractivity contribution in [3.05, 3.63) is 0 Å². The Morgan fingerprint density at radius 2 is 2.38 bits per heavy atom. The second-order valence-corrected chi connectivity index (χ2v) is 3.32. The highest BCUT2D eigenvalue weighted by molar-refractivity contribution is 5.68. The predicted molar refractivity (Wildman–Crippen MR) is 50.7 cm³/mol. The topological polar surface area (TPSA) is 41.6 Å². The van der Waals surface area contributed by atoms with Crippen LogP contribution in [0.2, 0.25) is 0 Å². The van der Waals surface area contributed by atoms with E-state index < -0.39 is 0 Å². The van der Waals surface area contributed by atoms with E-state index in [2.05, 4.69) is 12.2 Å². The van der Waals surface area contributed by atoms with Crippen LogP contribution in [-0.2, 0) is 4.74 Å². The Balaban J connectivity index is 2.62. The first-order valence-electron chi connectivity index (χ1n) is 4.76. The molecule has 0 bridgehead atoms. The quantitative estimate of drug-likeness (QED) is 0.694. The maximum atomic E-state index is 11.3. The molecule has 4 nitrogen and oxygen atoms in total. The number of nitrogens with one attached hydrogen (secondary N) is 1. The SMILES string of the molecule is CCC1C(NC)CCN1C(=O)OC. The molecule has 1 aliphatic rings. The van der Waals surface area contributed by atoms with Gasteiger partial charge in [0, 0.05) is 12.6 Å². The van der Waals surface area contributed by atoms with Crippen LogP contribution in [0.1, 0.15) is 19.8 Å². The number of rotatable bonds is 2. The van der Waals surface area contributed by atoms with Gasteiger partial charge in [0.1, 0.15) is 0 Å². The smallest absolute Gasteiger partial charge is 0.409 e. The molecule has 0 spiro atoms. The van der Waals surface area contributed by atoms with Crippen molar-refractivity contribution in [1.29, 1.82) is 0 Å². The molecule has 2 unspecified atom stereocenters. The van der Waals surface area contributed by atoms with E-state index in [4.69, 9.17) is 4.74 Å². The van der Waals surface area contributed by atoms with Crippen LogP contribution in [-0.4, -0.2) is 43.8 Å². The van der Waals surface area contributed by atoms with E-state index >= 15 is 0 Å². The molecule has 2 atom stereocenters. The normalized spacial score (nSPS) is 27.8. The second-order valence-electron chi connectivity index (χ2n) is 3.32. The monoisotopic (exact) mass is 186 g/mol. The minimum Gasteiger partial charge on any atom is -0.453 e.